The first-order valence-electron chi connectivity index (χ1n) is 10.0. The lowest BCUT2D eigenvalue weighted by Crippen LogP contribution is -2.28. The third-order valence-corrected chi connectivity index (χ3v) is 5.99. The Kier molecular flexibility index (Phi) is 4.50. The van der Waals surface area contributed by atoms with Gasteiger partial charge in [-0.25, -0.2) is 0 Å². The quantitative estimate of drug-likeness (QED) is 0.728. The molecule has 1 fully saturated rings. The van der Waals surface area contributed by atoms with Crippen LogP contribution in [0.25, 0.3) is 0 Å². The monoisotopic (exact) mass is 396 g/mol. The topological polar surface area (TPSA) is 97.4 Å². The number of furan rings is 1. The highest BCUT2D eigenvalue weighted by atomic mass is 16.5. The Bertz CT molecular complexity index is 1030. The molecule has 8 heteroatoms. The molecule has 0 bridgehead atoms. The smallest absolute Gasteiger partial charge is 0.289 e. The van der Waals surface area contributed by atoms with E-state index in [0.29, 0.717) is 31.9 Å². The Hall–Kier alpha value is -2.87. The fourth-order valence-electron chi connectivity index (χ4n) is 4.31. The van der Waals surface area contributed by atoms with Gasteiger partial charge in [-0.05, 0) is 32.4 Å². The molecule has 1 N–H and O–H groups in total. The van der Waals surface area contributed by atoms with Crippen molar-refractivity contribution in [1.82, 2.24) is 20.3 Å². The zero-order chi connectivity index (χ0) is 20.0. The number of likely N-dealkylation sites (tertiary alicyclic amines) is 1. The maximum absolute atomic E-state index is 12.9. The minimum absolute atomic E-state index is 0.0711. The number of hydrogen-bond donors (Lipinski definition) is 1. The van der Waals surface area contributed by atoms with Crippen molar-refractivity contribution >= 4 is 5.91 Å². The molecule has 2 aliphatic rings. The summed E-state index contributed by atoms with van der Waals surface area (Å²) in [4.78, 5) is 14.8. The summed E-state index contributed by atoms with van der Waals surface area (Å²) in [5.74, 6) is 2.05. The number of amides is 1. The Balaban J connectivity index is 1.27. The molecular formula is C21H24N4O4. The fourth-order valence-corrected chi connectivity index (χ4v) is 4.31. The van der Waals surface area contributed by atoms with Crippen molar-refractivity contribution in [2.45, 2.75) is 45.6 Å². The highest BCUT2D eigenvalue weighted by Crippen LogP contribution is 2.32. The minimum Gasteiger partial charge on any atom is -0.456 e. The number of carbonyl (C=O) groups is 1. The summed E-state index contributed by atoms with van der Waals surface area (Å²) in [6.07, 6.45) is 2.34. The molecule has 3 aromatic heterocycles. The van der Waals surface area contributed by atoms with Crippen LogP contribution in [0.4, 0.5) is 0 Å². The maximum Gasteiger partial charge on any atom is 0.289 e. The normalized spacial score (nSPS) is 19.0. The summed E-state index contributed by atoms with van der Waals surface area (Å²) in [7, 11) is 0. The van der Waals surface area contributed by atoms with E-state index in [9.17, 15) is 4.79 Å². The molecule has 3 aromatic rings. The van der Waals surface area contributed by atoms with Gasteiger partial charge in [0.25, 0.3) is 5.91 Å². The van der Waals surface area contributed by atoms with Gasteiger partial charge in [0, 0.05) is 48.7 Å². The van der Waals surface area contributed by atoms with Crippen LogP contribution in [0.3, 0.4) is 0 Å². The van der Waals surface area contributed by atoms with Gasteiger partial charge in [0.2, 0.25) is 0 Å². The molecule has 0 radical (unpaired) electrons. The fraction of sp³-hybridized carbons (Fsp3) is 0.476. The highest BCUT2D eigenvalue weighted by Gasteiger charge is 2.33. The van der Waals surface area contributed by atoms with Crippen molar-refractivity contribution in [3.63, 3.8) is 0 Å². The molecule has 5 rings (SSSR count). The molecule has 0 spiro atoms. The van der Waals surface area contributed by atoms with E-state index in [1.807, 2.05) is 24.8 Å². The first kappa shape index (κ1) is 18.2. The van der Waals surface area contributed by atoms with Crippen molar-refractivity contribution in [3.05, 3.63) is 57.6 Å². The second-order valence-electron chi connectivity index (χ2n) is 7.85. The number of rotatable bonds is 4. The number of hydrogen-bond acceptors (Lipinski definition) is 6. The Labute approximate surface area is 168 Å². The Morgan fingerprint density at radius 1 is 1.34 bits per heavy atom. The largest absolute Gasteiger partial charge is 0.456 e. The summed E-state index contributed by atoms with van der Waals surface area (Å²) in [6, 6.07) is 3.61. The number of aromatic amines is 1. The Morgan fingerprint density at radius 3 is 3.07 bits per heavy atom. The van der Waals surface area contributed by atoms with E-state index in [1.54, 1.807) is 6.07 Å². The van der Waals surface area contributed by atoms with Crippen molar-refractivity contribution in [1.29, 1.82) is 0 Å². The molecule has 5 heterocycles. The molecule has 0 saturated carbocycles. The predicted octanol–water partition coefficient (Wildman–Crippen LogP) is 2.90. The van der Waals surface area contributed by atoms with E-state index in [0.717, 1.165) is 47.9 Å². The third-order valence-electron chi connectivity index (χ3n) is 5.99. The number of nitrogens with zero attached hydrogens (tertiary/aromatic N) is 3. The number of carbonyl (C=O) groups excluding carboxylic acids is 1. The highest BCUT2D eigenvalue weighted by molar-refractivity contribution is 5.91. The average molecular weight is 396 g/mol. The van der Waals surface area contributed by atoms with Crippen LogP contribution in [0.1, 0.15) is 62.6 Å². The summed E-state index contributed by atoms with van der Waals surface area (Å²) in [6.45, 7) is 6.48. The molecule has 0 aliphatic carbocycles. The molecule has 0 aromatic carbocycles. The van der Waals surface area contributed by atoms with E-state index in [-0.39, 0.29) is 11.8 Å². The molecule has 152 valence electrons. The number of nitrogens with one attached hydrogen (secondary N) is 1. The third kappa shape index (κ3) is 3.27. The molecule has 29 heavy (non-hydrogen) atoms. The lowest BCUT2D eigenvalue weighted by atomic mass is 9.98. The van der Waals surface area contributed by atoms with E-state index in [4.69, 9.17) is 13.7 Å². The number of aryl methyl sites for hydroxylation is 2. The van der Waals surface area contributed by atoms with Crippen LogP contribution in [-0.2, 0) is 24.2 Å². The van der Waals surface area contributed by atoms with E-state index in [1.165, 1.54) is 11.3 Å². The van der Waals surface area contributed by atoms with Gasteiger partial charge in [-0.3, -0.25) is 9.89 Å². The van der Waals surface area contributed by atoms with Gasteiger partial charge in [-0.15, -0.1) is 0 Å². The standard InChI is InChI=1S/C21H24N4O4/c1-12-16(13(2)29-24-12)9-15-3-4-19(28-15)21(26)25-7-5-14(10-25)20-17-11-27-8-6-18(17)22-23-20/h3-4,14H,5-11H2,1-2H3,(H,22,23). The zero-order valence-corrected chi connectivity index (χ0v) is 16.7. The van der Waals surface area contributed by atoms with Crippen LogP contribution in [-0.4, -0.2) is 45.9 Å². The molecule has 1 atom stereocenters. The lowest BCUT2D eigenvalue weighted by molar-refractivity contribution is 0.0757. The first-order valence-corrected chi connectivity index (χ1v) is 10.0. The second-order valence-corrected chi connectivity index (χ2v) is 7.85. The molecular weight excluding hydrogens is 372 g/mol. The van der Waals surface area contributed by atoms with Crippen molar-refractivity contribution < 1.29 is 18.5 Å². The second kappa shape index (κ2) is 7.18. The number of ether oxygens (including phenoxy) is 1. The molecule has 2 aliphatic heterocycles. The van der Waals surface area contributed by atoms with Crippen molar-refractivity contribution in [2.24, 2.45) is 0 Å². The van der Waals surface area contributed by atoms with E-state index < -0.39 is 0 Å². The Morgan fingerprint density at radius 2 is 2.24 bits per heavy atom. The summed E-state index contributed by atoms with van der Waals surface area (Å²) in [5.41, 5.74) is 5.25. The van der Waals surface area contributed by atoms with Crippen LogP contribution >= 0.6 is 0 Å². The summed E-state index contributed by atoms with van der Waals surface area (Å²) >= 11 is 0. The molecule has 1 amide bonds. The van der Waals surface area contributed by atoms with Crippen LogP contribution in [0.5, 0.6) is 0 Å². The van der Waals surface area contributed by atoms with Gasteiger partial charge in [-0.2, -0.15) is 5.10 Å². The van der Waals surface area contributed by atoms with Gasteiger partial charge < -0.3 is 18.6 Å². The molecule has 8 nitrogen and oxygen atoms in total. The minimum atomic E-state index is -0.0711. The van der Waals surface area contributed by atoms with Crippen LogP contribution < -0.4 is 0 Å². The van der Waals surface area contributed by atoms with Crippen molar-refractivity contribution in [2.75, 3.05) is 19.7 Å². The van der Waals surface area contributed by atoms with Gasteiger partial charge in [0.05, 0.1) is 24.6 Å². The average Bonchev–Trinajstić information content (AvgIpc) is 3.51. The van der Waals surface area contributed by atoms with Crippen LogP contribution in [0.15, 0.2) is 21.1 Å². The zero-order valence-electron chi connectivity index (χ0n) is 16.7. The number of aromatic nitrogens is 3. The SMILES string of the molecule is Cc1noc(C)c1Cc1ccc(C(=O)N2CCC(c3n[nH]c4c3COCC4)C2)o1. The van der Waals surface area contributed by atoms with Crippen LogP contribution in [0, 0.1) is 13.8 Å². The molecule has 1 saturated heterocycles. The lowest BCUT2D eigenvalue weighted by Gasteiger charge is -2.16. The van der Waals surface area contributed by atoms with Gasteiger partial charge in [-0.1, -0.05) is 5.16 Å². The molecule has 1 unspecified atom stereocenters. The predicted molar refractivity (Wildman–Crippen MR) is 103 cm³/mol. The first-order chi connectivity index (χ1) is 14.1. The number of fused-ring (bicyclic) bond motifs is 1. The maximum atomic E-state index is 12.9. The van der Waals surface area contributed by atoms with Crippen molar-refractivity contribution in [3.8, 4) is 0 Å². The number of H-pyrrole nitrogens is 1. The summed E-state index contributed by atoms with van der Waals surface area (Å²) in [5, 5.41) is 11.6. The van der Waals surface area contributed by atoms with Gasteiger partial charge in [0.15, 0.2) is 5.76 Å². The summed E-state index contributed by atoms with van der Waals surface area (Å²) < 4.78 is 16.7. The van der Waals surface area contributed by atoms with Gasteiger partial charge >= 0.3 is 0 Å². The van der Waals surface area contributed by atoms with E-state index >= 15 is 0 Å². The van der Waals surface area contributed by atoms with E-state index in [2.05, 4.69) is 15.4 Å². The van der Waals surface area contributed by atoms with Crippen LogP contribution in [0.2, 0.25) is 0 Å². The van der Waals surface area contributed by atoms with Gasteiger partial charge in [0.1, 0.15) is 11.5 Å².